The molecule has 4 nitrogen and oxygen atoms in total. The third-order valence-corrected chi connectivity index (χ3v) is 4.61. The number of hydrogen-bond acceptors (Lipinski definition) is 4. The topological polar surface area (TPSA) is 32.8 Å². The van der Waals surface area contributed by atoms with Crippen LogP contribution in [0.2, 0.25) is 0 Å². The van der Waals surface area contributed by atoms with E-state index in [1.807, 2.05) is 11.8 Å². The summed E-state index contributed by atoms with van der Waals surface area (Å²) in [5.74, 6) is 0.223. The van der Waals surface area contributed by atoms with E-state index in [-0.39, 0.29) is 5.91 Å². The second-order valence-corrected chi connectivity index (χ2v) is 5.88. The lowest BCUT2D eigenvalue weighted by atomic mass is 10.1. The highest BCUT2D eigenvalue weighted by atomic mass is 32.1. The van der Waals surface area contributed by atoms with Gasteiger partial charge in [-0.3, -0.25) is 9.69 Å². The molecule has 1 aliphatic heterocycles. The van der Waals surface area contributed by atoms with Crippen LogP contribution in [0.5, 0.6) is 0 Å². The van der Waals surface area contributed by atoms with Crippen LogP contribution in [0.15, 0.2) is 16.8 Å². The Morgan fingerprint density at radius 1 is 1.40 bits per heavy atom. The minimum Gasteiger partial charge on any atom is -0.381 e. The van der Waals surface area contributed by atoms with Crippen LogP contribution in [-0.2, 0) is 9.53 Å². The largest absolute Gasteiger partial charge is 0.381 e. The van der Waals surface area contributed by atoms with Crippen molar-refractivity contribution in [3.8, 4) is 0 Å². The van der Waals surface area contributed by atoms with Crippen LogP contribution in [0, 0.1) is 0 Å². The van der Waals surface area contributed by atoms with Crippen molar-refractivity contribution in [3.63, 3.8) is 0 Å². The van der Waals surface area contributed by atoms with Crippen molar-refractivity contribution in [1.82, 2.24) is 9.80 Å². The van der Waals surface area contributed by atoms with Crippen LogP contribution in [0.3, 0.4) is 0 Å². The van der Waals surface area contributed by atoms with E-state index < -0.39 is 0 Å². The number of rotatable bonds is 6. The molecule has 0 aliphatic carbocycles. The summed E-state index contributed by atoms with van der Waals surface area (Å²) in [6.07, 6.45) is 0.508. The number of piperazine rings is 1. The molecule has 1 atom stereocenters. The molecular weight excluding hydrogens is 272 g/mol. The molecule has 5 heteroatoms. The molecule has 0 aromatic carbocycles. The second-order valence-electron chi connectivity index (χ2n) is 5.10. The Morgan fingerprint density at radius 2 is 2.15 bits per heavy atom. The molecule has 1 aromatic rings. The number of thiophene rings is 1. The predicted octanol–water partition coefficient (Wildman–Crippen LogP) is 2.38. The SMILES string of the molecule is CCOCCC(=O)N1CCN([C@H](C)c2ccsc2)CC1. The van der Waals surface area contributed by atoms with Crippen molar-refractivity contribution in [2.75, 3.05) is 39.4 Å². The molecule has 1 aliphatic rings. The van der Waals surface area contributed by atoms with Crippen LogP contribution in [-0.4, -0.2) is 55.1 Å². The summed E-state index contributed by atoms with van der Waals surface area (Å²) >= 11 is 1.74. The van der Waals surface area contributed by atoms with Crippen LogP contribution in [0.1, 0.15) is 31.9 Å². The molecule has 1 aromatic heterocycles. The maximum absolute atomic E-state index is 12.0. The summed E-state index contributed by atoms with van der Waals surface area (Å²) < 4.78 is 5.25. The van der Waals surface area contributed by atoms with Gasteiger partial charge in [-0.1, -0.05) is 0 Å². The summed E-state index contributed by atoms with van der Waals surface area (Å²) in [6, 6.07) is 2.64. The first-order chi connectivity index (χ1) is 9.72. The quantitative estimate of drug-likeness (QED) is 0.756. The monoisotopic (exact) mass is 296 g/mol. The van der Waals surface area contributed by atoms with Gasteiger partial charge in [0.15, 0.2) is 0 Å². The van der Waals surface area contributed by atoms with E-state index in [9.17, 15) is 4.79 Å². The van der Waals surface area contributed by atoms with Crippen molar-refractivity contribution in [2.24, 2.45) is 0 Å². The van der Waals surface area contributed by atoms with Crippen molar-refractivity contribution in [2.45, 2.75) is 26.3 Å². The Morgan fingerprint density at radius 3 is 2.75 bits per heavy atom. The highest BCUT2D eigenvalue weighted by Gasteiger charge is 2.24. The van der Waals surface area contributed by atoms with Crippen molar-refractivity contribution in [3.05, 3.63) is 22.4 Å². The minimum absolute atomic E-state index is 0.223. The normalized spacial score (nSPS) is 18.2. The number of hydrogen-bond donors (Lipinski definition) is 0. The third kappa shape index (κ3) is 4.04. The molecule has 0 saturated carbocycles. The first-order valence-corrected chi connectivity index (χ1v) is 8.28. The van der Waals surface area contributed by atoms with Crippen molar-refractivity contribution < 1.29 is 9.53 Å². The maximum atomic E-state index is 12.0. The predicted molar refractivity (Wildman–Crippen MR) is 82.0 cm³/mol. The van der Waals surface area contributed by atoms with Crippen LogP contribution >= 0.6 is 11.3 Å². The highest BCUT2D eigenvalue weighted by Crippen LogP contribution is 2.23. The molecule has 112 valence electrons. The highest BCUT2D eigenvalue weighted by molar-refractivity contribution is 7.07. The zero-order valence-electron chi connectivity index (χ0n) is 12.4. The van der Waals surface area contributed by atoms with E-state index in [4.69, 9.17) is 4.74 Å². The third-order valence-electron chi connectivity index (χ3n) is 3.90. The van der Waals surface area contributed by atoms with Gasteiger partial charge in [0.2, 0.25) is 5.91 Å². The van der Waals surface area contributed by atoms with Crippen molar-refractivity contribution >= 4 is 17.2 Å². The average Bonchev–Trinajstić information content (AvgIpc) is 3.01. The Bertz CT molecular complexity index is 400. The summed E-state index contributed by atoms with van der Waals surface area (Å²) in [5, 5.41) is 4.34. The average molecular weight is 296 g/mol. The summed E-state index contributed by atoms with van der Waals surface area (Å²) in [6.45, 7) is 9.00. The zero-order valence-corrected chi connectivity index (χ0v) is 13.2. The Balaban J connectivity index is 1.76. The Kier molecular flexibility index (Phi) is 6.01. The lowest BCUT2D eigenvalue weighted by Gasteiger charge is -2.38. The minimum atomic E-state index is 0.223. The standard InChI is InChI=1S/C15H24N2O2S/c1-3-19-10-4-15(18)17-8-6-16(7-9-17)13(2)14-5-11-20-12-14/h5,11-13H,3-4,6-10H2,1-2H3/t13-/m1/s1. The zero-order chi connectivity index (χ0) is 14.4. The Labute approximate surface area is 125 Å². The number of ether oxygens (including phenoxy) is 1. The number of carbonyl (C=O) groups is 1. The second kappa shape index (κ2) is 7.76. The van der Waals surface area contributed by atoms with Gasteiger partial charge in [0, 0.05) is 38.8 Å². The number of nitrogens with zero attached hydrogens (tertiary/aromatic N) is 2. The fourth-order valence-electron chi connectivity index (χ4n) is 2.54. The lowest BCUT2D eigenvalue weighted by molar-refractivity contribution is -0.134. The van der Waals surface area contributed by atoms with Gasteiger partial charge >= 0.3 is 0 Å². The van der Waals surface area contributed by atoms with Crippen LogP contribution in [0.25, 0.3) is 0 Å². The van der Waals surface area contributed by atoms with Gasteiger partial charge in [0.25, 0.3) is 0 Å². The molecule has 1 amide bonds. The van der Waals surface area contributed by atoms with Gasteiger partial charge in [-0.15, -0.1) is 0 Å². The molecule has 1 saturated heterocycles. The van der Waals surface area contributed by atoms with Gasteiger partial charge in [0.05, 0.1) is 13.0 Å². The van der Waals surface area contributed by atoms with E-state index in [1.165, 1.54) is 5.56 Å². The van der Waals surface area contributed by atoms with E-state index in [1.54, 1.807) is 11.3 Å². The molecule has 2 heterocycles. The van der Waals surface area contributed by atoms with E-state index in [0.717, 1.165) is 26.2 Å². The number of carbonyl (C=O) groups excluding carboxylic acids is 1. The van der Waals surface area contributed by atoms with E-state index >= 15 is 0 Å². The smallest absolute Gasteiger partial charge is 0.224 e. The molecular formula is C15H24N2O2S. The maximum Gasteiger partial charge on any atom is 0.224 e. The lowest BCUT2D eigenvalue weighted by Crippen LogP contribution is -2.49. The molecule has 0 spiro atoms. The van der Waals surface area contributed by atoms with Gasteiger partial charge in [-0.2, -0.15) is 11.3 Å². The van der Waals surface area contributed by atoms with Gasteiger partial charge in [0.1, 0.15) is 0 Å². The first kappa shape index (κ1) is 15.5. The molecule has 1 fully saturated rings. The van der Waals surface area contributed by atoms with E-state index in [0.29, 0.717) is 25.7 Å². The first-order valence-electron chi connectivity index (χ1n) is 7.34. The van der Waals surface area contributed by atoms with Crippen LogP contribution in [0.4, 0.5) is 0 Å². The molecule has 0 radical (unpaired) electrons. The number of amides is 1. The van der Waals surface area contributed by atoms with Gasteiger partial charge < -0.3 is 9.64 Å². The summed E-state index contributed by atoms with van der Waals surface area (Å²) in [4.78, 5) is 16.4. The summed E-state index contributed by atoms with van der Waals surface area (Å²) in [7, 11) is 0. The molecule has 2 rings (SSSR count). The molecule has 0 bridgehead atoms. The molecule has 0 unspecified atom stereocenters. The van der Waals surface area contributed by atoms with Crippen molar-refractivity contribution in [1.29, 1.82) is 0 Å². The Hall–Kier alpha value is -0.910. The molecule has 20 heavy (non-hydrogen) atoms. The fraction of sp³-hybridized carbons (Fsp3) is 0.667. The molecule has 0 N–H and O–H groups in total. The summed E-state index contributed by atoms with van der Waals surface area (Å²) in [5.41, 5.74) is 1.38. The van der Waals surface area contributed by atoms with Gasteiger partial charge in [-0.05, 0) is 36.2 Å². The fourth-order valence-corrected chi connectivity index (χ4v) is 3.29. The van der Waals surface area contributed by atoms with Crippen LogP contribution < -0.4 is 0 Å². The van der Waals surface area contributed by atoms with E-state index in [2.05, 4.69) is 28.7 Å². The van der Waals surface area contributed by atoms with Gasteiger partial charge in [-0.25, -0.2) is 0 Å².